The van der Waals surface area contributed by atoms with Crippen molar-refractivity contribution in [3.63, 3.8) is 0 Å². The van der Waals surface area contributed by atoms with Crippen molar-refractivity contribution in [1.82, 2.24) is 4.90 Å². The number of benzene rings is 2. The number of amides is 3. The second-order valence-electron chi connectivity index (χ2n) is 10.2. The normalized spacial score (nSPS) is 24.1. The van der Waals surface area contributed by atoms with Crippen LogP contribution in [-0.2, 0) is 33.0 Å². The topological polar surface area (TPSA) is 110 Å². The lowest BCUT2D eigenvalue weighted by molar-refractivity contribution is -0.137. The molecular weight excluding hydrogens is 470 g/mol. The molecule has 5 rings (SSSR count). The van der Waals surface area contributed by atoms with E-state index in [9.17, 15) is 24.6 Å². The highest BCUT2D eigenvalue weighted by Crippen LogP contribution is 2.43. The van der Waals surface area contributed by atoms with Gasteiger partial charge in [0.25, 0.3) is 5.91 Å². The highest BCUT2D eigenvalue weighted by atomic mass is 16.3. The minimum atomic E-state index is -1.82. The van der Waals surface area contributed by atoms with Gasteiger partial charge in [0.2, 0.25) is 11.8 Å². The third-order valence-electron chi connectivity index (χ3n) is 7.91. The van der Waals surface area contributed by atoms with Crippen molar-refractivity contribution in [2.75, 3.05) is 23.4 Å². The van der Waals surface area contributed by atoms with Crippen LogP contribution in [0.25, 0.3) is 0 Å². The zero-order chi connectivity index (χ0) is 26.2. The maximum atomic E-state index is 13.1. The molecule has 194 valence electrons. The molecule has 8 heteroatoms. The molecule has 0 aliphatic carbocycles. The number of aliphatic hydroxyl groups is 2. The monoisotopic (exact) mass is 503 g/mol. The van der Waals surface area contributed by atoms with Gasteiger partial charge in [0.1, 0.15) is 0 Å². The highest BCUT2D eigenvalue weighted by Gasteiger charge is 2.49. The average Bonchev–Trinajstić information content (AvgIpc) is 3.17. The fourth-order valence-electron chi connectivity index (χ4n) is 5.67. The van der Waals surface area contributed by atoms with E-state index in [1.165, 1.54) is 0 Å². The van der Waals surface area contributed by atoms with Gasteiger partial charge in [-0.25, -0.2) is 0 Å². The minimum absolute atomic E-state index is 0.0417. The Bertz CT molecular complexity index is 1260. The van der Waals surface area contributed by atoms with Gasteiger partial charge >= 0.3 is 0 Å². The van der Waals surface area contributed by atoms with Crippen LogP contribution in [0.1, 0.15) is 49.3 Å². The second-order valence-corrected chi connectivity index (χ2v) is 10.2. The zero-order valence-corrected chi connectivity index (χ0v) is 21.0. The number of anilines is 2. The van der Waals surface area contributed by atoms with Crippen LogP contribution in [0.4, 0.5) is 11.4 Å². The molecular formula is C29H33N3O5. The van der Waals surface area contributed by atoms with Gasteiger partial charge in [-0.15, -0.1) is 0 Å². The molecule has 8 nitrogen and oxygen atoms in total. The van der Waals surface area contributed by atoms with Crippen LogP contribution in [0, 0.1) is 5.92 Å². The smallest absolute Gasteiger partial charge is 0.261 e. The quantitative estimate of drug-likeness (QED) is 0.525. The summed E-state index contributed by atoms with van der Waals surface area (Å²) in [5.41, 5.74) is 2.04. The van der Waals surface area contributed by atoms with E-state index < -0.39 is 17.4 Å². The third kappa shape index (κ3) is 4.55. The highest BCUT2D eigenvalue weighted by molar-refractivity contribution is 6.06. The molecule has 0 saturated carbocycles. The summed E-state index contributed by atoms with van der Waals surface area (Å²) in [6.45, 7) is 2.69. The number of aliphatic hydroxyl groups excluding tert-OH is 1. The van der Waals surface area contributed by atoms with E-state index in [4.69, 9.17) is 0 Å². The second kappa shape index (κ2) is 10.1. The standard InChI is InChI=1S/C29H33N3O5/c1-19(7-6-11-27(35)32-17-21-9-3-2-8-20(21)15-23(32)18-33)29(37)24-16-22(12-13-25(24)30-28(29)36)31-14-5-4-10-26(31)34/h2-3,6-9,12-13,16,19,23,33,37H,4-5,10-11,14-15,17-18H2,1H3,(H,30,36)/b7-6+/t19-,23+,29+/m1/s1. The van der Waals surface area contributed by atoms with Crippen LogP contribution in [0.15, 0.2) is 54.6 Å². The molecule has 0 radical (unpaired) electrons. The van der Waals surface area contributed by atoms with Crippen molar-refractivity contribution in [2.45, 2.75) is 57.2 Å². The molecule has 2 aromatic carbocycles. The van der Waals surface area contributed by atoms with E-state index in [0.717, 1.165) is 24.0 Å². The number of rotatable bonds is 6. The van der Waals surface area contributed by atoms with Crippen LogP contribution in [0.5, 0.6) is 0 Å². The molecule has 0 aromatic heterocycles. The molecule has 3 N–H and O–H groups in total. The van der Waals surface area contributed by atoms with Crippen LogP contribution in [-0.4, -0.2) is 52.0 Å². The first-order valence-corrected chi connectivity index (χ1v) is 13.0. The number of hydrogen-bond donors (Lipinski definition) is 3. The van der Waals surface area contributed by atoms with Gasteiger partial charge in [-0.05, 0) is 48.6 Å². The number of nitrogens with one attached hydrogen (secondary N) is 1. The van der Waals surface area contributed by atoms with Crippen LogP contribution >= 0.6 is 0 Å². The first-order valence-electron chi connectivity index (χ1n) is 13.0. The van der Waals surface area contributed by atoms with Crippen LogP contribution in [0.3, 0.4) is 0 Å². The lowest BCUT2D eigenvalue weighted by Crippen LogP contribution is -2.46. The van der Waals surface area contributed by atoms with Crippen molar-refractivity contribution in [3.8, 4) is 0 Å². The summed E-state index contributed by atoms with van der Waals surface area (Å²) in [6.07, 6.45) is 6.35. The van der Waals surface area contributed by atoms with Gasteiger partial charge in [-0.2, -0.15) is 0 Å². The van der Waals surface area contributed by atoms with Crippen LogP contribution < -0.4 is 10.2 Å². The molecule has 0 spiro atoms. The summed E-state index contributed by atoms with van der Waals surface area (Å²) in [5.74, 6) is -1.23. The van der Waals surface area contributed by atoms with E-state index in [-0.39, 0.29) is 30.9 Å². The number of carbonyl (C=O) groups excluding carboxylic acids is 3. The Hall–Kier alpha value is -3.49. The molecule has 0 bridgehead atoms. The van der Waals surface area contributed by atoms with E-state index in [2.05, 4.69) is 5.32 Å². The number of piperidine rings is 1. The predicted molar refractivity (Wildman–Crippen MR) is 140 cm³/mol. The summed E-state index contributed by atoms with van der Waals surface area (Å²) in [6, 6.07) is 12.9. The lowest BCUT2D eigenvalue weighted by Gasteiger charge is -2.36. The summed E-state index contributed by atoms with van der Waals surface area (Å²) in [7, 11) is 0. The molecule has 3 aliphatic heterocycles. The van der Waals surface area contributed by atoms with Crippen LogP contribution in [0.2, 0.25) is 0 Å². The van der Waals surface area contributed by atoms with Gasteiger partial charge in [-0.1, -0.05) is 43.3 Å². The van der Waals surface area contributed by atoms with Crippen molar-refractivity contribution < 1.29 is 24.6 Å². The van der Waals surface area contributed by atoms with Crippen molar-refractivity contribution in [3.05, 3.63) is 71.3 Å². The van der Waals surface area contributed by atoms with Gasteiger partial charge in [-0.3, -0.25) is 14.4 Å². The number of hydrogen-bond acceptors (Lipinski definition) is 5. The third-order valence-corrected chi connectivity index (χ3v) is 7.91. The first kappa shape index (κ1) is 25.2. The minimum Gasteiger partial charge on any atom is -0.394 e. The number of fused-ring (bicyclic) bond motifs is 2. The molecule has 3 heterocycles. The fourth-order valence-corrected chi connectivity index (χ4v) is 5.67. The van der Waals surface area contributed by atoms with E-state index in [1.807, 2.05) is 24.3 Å². The Kier molecular flexibility index (Phi) is 6.88. The van der Waals surface area contributed by atoms with Crippen molar-refractivity contribution in [2.24, 2.45) is 5.92 Å². The Morgan fingerprint density at radius 3 is 2.73 bits per heavy atom. The van der Waals surface area contributed by atoms with Gasteiger partial charge in [0, 0.05) is 48.8 Å². The Labute approximate surface area is 216 Å². The number of carbonyl (C=O) groups is 3. The predicted octanol–water partition coefficient (Wildman–Crippen LogP) is 2.87. The maximum Gasteiger partial charge on any atom is 0.261 e. The van der Waals surface area contributed by atoms with E-state index in [1.54, 1.807) is 47.1 Å². The Morgan fingerprint density at radius 2 is 1.97 bits per heavy atom. The van der Waals surface area contributed by atoms with E-state index >= 15 is 0 Å². The molecule has 1 saturated heterocycles. The molecule has 0 unspecified atom stereocenters. The van der Waals surface area contributed by atoms with E-state index in [0.29, 0.717) is 42.9 Å². The molecule has 3 atom stereocenters. The van der Waals surface area contributed by atoms with Crippen molar-refractivity contribution in [1.29, 1.82) is 0 Å². The molecule has 2 aromatic rings. The lowest BCUT2D eigenvalue weighted by atomic mass is 9.82. The largest absolute Gasteiger partial charge is 0.394 e. The average molecular weight is 504 g/mol. The van der Waals surface area contributed by atoms with Crippen molar-refractivity contribution >= 4 is 29.1 Å². The SMILES string of the molecule is C[C@H](/C=C/CC(=O)N1Cc2ccccc2C[C@H]1CO)[C@@]1(O)C(=O)Nc2ccc(N3CCCCC3=O)cc21. The Morgan fingerprint density at radius 1 is 1.19 bits per heavy atom. The zero-order valence-electron chi connectivity index (χ0n) is 21.0. The summed E-state index contributed by atoms with van der Waals surface area (Å²) in [4.78, 5) is 41.8. The van der Waals surface area contributed by atoms with Gasteiger partial charge in [0.15, 0.2) is 5.60 Å². The molecule has 3 amide bonds. The molecule has 1 fully saturated rings. The fraction of sp³-hybridized carbons (Fsp3) is 0.414. The maximum absolute atomic E-state index is 13.1. The summed E-state index contributed by atoms with van der Waals surface area (Å²) in [5, 5.41) is 24.2. The summed E-state index contributed by atoms with van der Waals surface area (Å²) >= 11 is 0. The number of nitrogens with zero attached hydrogens (tertiary/aromatic N) is 2. The molecule has 37 heavy (non-hydrogen) atoms. The van der Waals surface area contributed by atoms with Gasteiger partial charge in [0.05, 0.1) is 12.6 Å². The summed E-state index contributed by atoms with van der Waals surface area (Å²) < 4.78 is 0. The Balaban J connectivity index is 1.31. The van der Waals surface area contributed by atoms with Gasteiger partial charge < -0.3 is 25.3 Å². The molecule has 3 aliphatic rings. The first-order chi connectivity index (χ1) is 17.8.